The molecule has 0 aliphatic carbocycles. The molecular weight excluding hydrogens is 514 g/mol. The number of allylic oxidation sites excluding steroid dienone is 1. The average molecular weight is 542 g/mol. The lowest BCUT2D eigenvalue weighted by atomic mass is 10.1. The van der Waals surface area contributed by atoms with Crippen LogP contribution in [0.25, 0.3) is 10.9 Å². The lowest BCUT2D eigenvalue weighted by Crippen LogP contribution is -2.24. The lowest BCUT2D eigenvalue weighted by Gasteiger charge is -2.18. The first-order chi connectivity index (χ1) is 16.7. The van der Waals surface area contributed by atoms with E-state index in [2.05, 4.69) is 27.6 Å². The number of aliphatic carboxylic acids is 1. The zero-order valence-corrected chi connectivity index (χ0v) is 21.7. The number of nitrogens with zero attached hydrogens (tertiary/aromatic N) is 3. The quantitative estimate of drug-likeness (QED) is 0.281. The smallest absolute Gasteiger partial charge is 0.344 e. The Morgan fingerprint density at radius 1 is 1.31 bits per heavy atom. The van der Waals surface area contributed by atoms with Gasteiger partial charge in [0.15, 0.2) is 17.6 Å². The summed E-state index contributed by atoms with van der Waals surface area (Å²) in [5.74, 6) is 0.168. The first-order valence-electron chi connectivity index (χ1n) is 11.2. The first kappa shape index (κ1) is 26.2. The van der Waals surface area contributed by atoms with Crippen LogP contribution in [0.2, 0.25) is 0 Å². The van der Waals surface area contributed by atoms with Gasteiger partial charge in [-0.25, -0.2) is 9.78 Å². The van der Waals surface area contributed by atoms with Crippen LogP contribution in [0.1, 0.15) is 50.1 Å². The predicted octanol–water partition coefficient (Wildman–Crippen LogP) is 5.14. The molecule has 8 nitrogen and oxygen atoms in total. The topological polar surface area (TPSA) is 103 Å². The second-order valence-corrected chi connectivity index (χ2v) is 9.02. The molecule has 0 spiro atoms. The number of fused-ring (bicyclic) bond motifs is 1. The van der Waals surface area contributed by atoms with Gasteiger partial charge in [0.05, 0.1) is 24.2 Å². The molecule has 2 aromatic carbocycles. The number of hydrogen-bond donors (Lipinski definition) is 1. The summed E-state index contributed by atoms with van der Waals surface area (Å²) in [6.45, 7) is 9.25. The van der Waals surface area contributed by atoms with Crippen LogP contribution in [0.5, 0.6) is 11.5 Å². The van der Waals surface area contributed by atoms with Gasteiger partial charge in [-0.2, -0.15) is 9.78 Å². The van der Waals surface area contributed by atoms with Crippen LogP contribution in [0.3, 0.4) is 0 Å². The predicted molar refractivity (Wildman–Crippen MR) is 140 cm³/mol. The molecule has 3 rings (SSSR count). The summed E-state index contributed by atoms with van der Waals surface area (Å²) in [6, 6.07) is 8.88. The zero-order valence-electron chi connectivity index (χ0n) is 20.1. The Balaban J connectivity index is 2.15. The van der Waals surface area contributed by atoms with Gasteiger partial charge in [-0.15, -0.1) is 6.58 Å². The summed E-state index contributed by atoms with van der Waals surface area (Å²) in [6.07, 6.45) is 3.38. The molecule has 0 aliphatic heterocycles. The van der Waals surface area contributed by atoms with Crippen molar-refractivity contribution < 1.29 is 19.4 Å². The van der Waals surface area contributed by atoms with Gasteiger partial charge >= 0.3 is 5.97 Å². The van der Waals surface area contributed by atoms with E-state index >= 15 is 0 Å². The number of carboxylic acid groups (broad SMARTS) is 1. The summed E-state index contributed by atoms with van der Waals surface area (Å²) in [4.78, 5) is 29.4. The highest BCUT2D eigenvalue weighted by Crippen LogP contribution is 2.34. The number of benzene rings is 2. The summed E-state index contributed by atoms with van der Waals surface area (Å²) in [5.41, 5.74) is 1.68. The fraction of sp³-hybridized carbons (Fsp3) is 0.308. The number of carboxylic acids is 1. The maximum atomic E-state index is 13.3. The van der Waals surface area contributed by atoms with Crippen molar-refractivity contribution in [3.63, 3.8) is 0 Å². The van der Waals surface area contributed by atoms with E-state index in [0.717, 1.165) is 10.9 Å². The van der Waals surface area contributed by atoms with Gasteiger partial charge in [0, 0.05) is 16.0 Å². The number of carbonyl (C=O) groups is 1. The molecule has 1 heterocycles. The largest absolute Gasteiger partial charge is 0.493 e. The van der Waals surface area contributed by atoms with Crippen LogP contribution in [-0.4, -0.2) is 40.2 Å². The molecule has 0 saturated carbocycles. The van der Waals surface area contributed by atoms with E-state index in [-0.39, 0.29) is 11.5 Å². The van der Waals surface area contributed by atoms with Gasteiger partial charge < -0.3 is 14.6 Å². The molecule has 184 valence electrons. The summed E-state index contributed by atoms with van der Waals surface area (Å²) in [5, 5.41) is 14.2. The Morgan fingerprint density at radius 2 is 2.06 bits per heavy atom. The van der Waals surface area contributed by atoms with Crippen LogP contribution >= 0.6 is 15.9 Å². The highest BCUT2D eigenvalue weighted by molar-refractivity contribution is 9.10. The van der Waals surface area contributed by atoms with E-state index in [1.165, 1.54) is 18.7 Å². The van der Waals surface area contributed by atoms with Gasteiger partial charge in [-0.1, -0.05) is 35.9 Å². The second kappa shape index (κ2) is 11.3. The highest BCUT2D eigenvalue weighted by atomic mass is 79.9. The van der Waals surface area contributed by atoms with Crippen molar-refractivity contribution in [2.45, 2.75) is 45.6 Å². The van der Waals surface area contributed by atoms with Gasteiger partial charge in [0.2, 0.25) is 0 Å². The molecule has 1 aromatic heterocycles. The van der Waals surface area contributed by atoms with Gasteiger partial charge in [-0.3, -0.25) is 4.79 Å². The summed E-state index contributed by atoms with van der Waals surface area (Å²) < 4.78 is 13.2. The van der Waals surface area contributed by atoms with Gasteiger partial charge in [0.1, 0.15) is 5.82 Å². The second-order valence-electron chi connectivity index (χ2n) is 8.10. The van der Waals surface area contributed by atoms with E-state index in [0.29, 0.717) is 45.8 Å². The van der Waals surface area contributed by atoms with Crippen LogP contribution in [-0.2, 0) is 11.2 Å². The Kier molecular flexibility index (Phi) is 8.45. The molecule has 0 saturated heterocycles. The summed E-state index contributed by atoms with van der Waals surface area (Å²) >= 11 is 3.41. The Bertz CT molecular complexity index is 1350. The van der Waals surface area contributed by atoms with Crippen molar-refractivity contribution in [3.05, 3.63) is 74.8 Å². The molecule has 2 atom stereocenters. The number of aromatic nitrogens is 2. The summed E-state index contributed by atoms with van der Waals surface area (Å²) in [7, 11) is 1.48. The lowest BCUT2D eigenvalue weighted by molar-refractivity contribution is -0.144. The van der Waals surface area contributed by atoms with Crippen LogP contribution in [0.15, 0.2) is 57.4 Å². The number of methoxy groups -OCH3 is 1. The maximum absolute atomic E-state index is 13.3. The minimum Gasteiger partial charge on any atom is -0.493 e. The Hall–Kier alpha value is -3.46. The molecule has 1 N–H and O–H groups in total. The van der Waals surface area contributed by atoms with E-state index in [1.54, 1.807) is 30.5 Å². The molecule has 9 heteroatoms. The van der Waals surface area contributed by atoms with E-state index < -0.39 is 12.1 Å². The third-order valence-electron chi connectivity index (χ3n) is 5.59. The molecule has 0 bridgehead atoms. The minimum absolute atomic E-state index is 0.00652. The average Bonchev–Trinajstić information content (AvgIpc) is 2.84. The third kappa shape index (κ3) is 5.79. The highest BCUT2D eigenvalue weighted by Gasteiger charge is 2.20. The van der Waals surface area contributed by atoms with Gasteiger partial charge in [0.25, 0.3) is 5.56 Å². The third-order valence-corrected chi connectivity index (χ3v) is 6.08. The van der Waals surface area contributed by atoms with Crippen molar-refractivity contribution >= 4 is 39.0 Å². The van der Waals surface area contributed by atoms with Crippen molar-refractivity contribution in [2.24, 2.45) is 5.10 Å². The monoisotopic (exact) mass is 541 g/mol. The minimum atomic E-state index is -1.09. The molecule has 0 amide bonds. The normalized spacial score (nSPS) is 13.1. The SMILES string of the molecule is C=CCc1cc(C=Nn2c([C@H](C)CC)nc3ccc(Br)cc3c2=O)cc(OC)c1O[C@@H](C)C(=O)O. The molecule has 0 unspecified atom stereocenters. The van der Waals surface area contributed by atoms with E-state index in [1.807, 2.05) is 26.0 Å². The van der Waals surface area contributed by atoms with Crippen LogP contribution < -0.4 is 15.0 Å². The number of halogens is 1. The zero-order chi connectivity index (χ0) is 25.7. The fourth-order valence-corrected chi connectivity index (χ4v) is 3.84. The number of rotatable bonds is 10. The Morgan fingerprint density at radius 3 is 2.69 bits per heavy atom. The van der Waals surface area contributed by atoms with Crippen molar-refractivity contribution in [1.82, 2.24) is 9.66 Å². The fourth-order valence-electron chi connectivity index (χ4n) is 3.48. The van der Waals surface area contributed by atoms with E-state index in [4.69, 9.17) is 14.5 Å². The van der Waals surface area contributed by atoms with Gasteiger partial charge in [-0.05, 0) is 55.7 Å². The van der Waals surface area contributed by atoms with Crippen molar-refractivity contribution in [2.75, 3.05) is 7.11 Å². The first-order valence-corrected chi connectivity index (χ1v) is 12.0. The maximum Gasteiger partial charge on any atom is 0.344 e. The van der Waals surface area contributed by atoms with Crippen LogP contribution in [0, 0.1) is 0 Å². The van der Waals surface area contributed by atoms with E-state index in [9.17, 15) is 14.7 Å². The number of ether oxygens (including phenoxy) is 2. The molecular formula is C26H28BrN3O5. The molecule has 0 aliphatic rings. The Labute approximate surface area is 212 Å². The molecule has 3 aromatic rings. The molecule has 35 heavy (non-hydrogen) atoms. The van der Waals surface area contributed by atoms with Crippen LogP contribution in [0.4, 0.5) is 0 Å². The van der Waals surface area contributed by atoms with Crippen molar-refractivity contribution in [3.8, 4) is 11.5 Å². The molecule has 0 radical (unpaired) electrons. The standard InChI is InChI=1S/C26H28BrN3O5/c1-6-8-18-11-17(12-22(34-5)23(18)35-16(4)26(32)33)14-28-30-24(15(3)7-2)29-21-10-9-19(27)13-20(21)25(30)31/h6,9-16H,1,7-8H2,2-5H3,(H,32,33)/t15-,16+/m1/s1. The number of hydrogen-bond acceptors (Lipinski definition) is 6. The van der Waals surface area contributed by atoms with Crippen molar-refractivity contribution in [1.29, 1.82) is 0 Å². The molecule has 0 fully saturated rings.